The van der Waals surface area contributed by atoms with Crippen LogP contribution in [0.3, 0.4) is 0 Å². The van der Waals surface area contributed by atoms with E-state index in [2.05, 4.69) is 6.92 Å². The topological polar surface area (TPSA) is 92.7 Å². The Bertz CT molecular complexity index is 630. The number of rotatable bonds is 11. The van der Waals surface area contributed by atoms with Gasteiger partial charge in [-0.1, -0.05) is 45.4 Å². The van der Waals surface area contributed by atoms with Crippen LogP contribution < -0.4 is 60.9 Å². The Hall–Kier alpha value is 0.0364. The summed E-state index contributed by atoms with van der Waals surface area (Å²) in [6, 6.07) is 3.43. The maximum Gasteiger partial charge on any atom is 1.00 e. The fourth-order valence-electron chi connectivity index (χ4n) is 2.29. The number of methoxy groups -OCH3 is 1. The number of carbonyl (C=O) groups is 1. The number of esters is 1. The van der Waals surface area contributed by atoms with Gasteiger partial charge in [0.25, 0.3) is 0 Å². The zero-order chi connectivity index (χ0) is 18.0. The van der Waals surface area contributed by atoms with Crippen LogP contribution in [0.4, 0.5) is 0 Å². The van der Waals surface area contributed by atoms with Gasteiger partial charge in [-0.05, 0) is 18.6 Å². The van der Waals surface area contributed by atoms with Crippen LogP contribution in [0.5, 0.6) is 11.5 Å². The van der Waals surface area contributed by atoms with Crippen molar-refractivity contribution in [3.05, 3.63) is 18.2 Å². The third-order valence-electron chi connectivity index (χ3n) is 3.63. The first-order valence-corrected chi connectivity index (χ1v) is 9.64. The summed E-state index contributed by atoms with van der Waals surface area (Å²) in [7, 11) is -3.25. The molecule has 0 aliphatic heterocycles. The molecule has 8 heteroatoms. The molecule has 25 heavy (non-hydrogen) atoms. The van der Waals surface area contributed by atoms with Crippen LogP contribution in [-0.2, 0) is 14.9 Å². The van der Waals surface area contributed by atoms with Gasteiger partial charge in [-0.15, -0.1) is 0 Å². The summed E-state index contributed by atoms with van der Waals surface area (Å²) in [5.41, 5.74) is 0. The average molecular weight is 397 g/mol. The molecular formula is C17H25KO6S. The van der Waals surface area contributed by atoms with Crippen LogP contribution in [0.2, 0.25) is 0 Å². The number of ether oxygens (including phenoxy) is 2. The van der Waals surface area contributed by atoms with Crippen molar-refractivity contribution in [3.63, 3.8) is 0 Å². The van der Waals surface area contributed by atoms with Gasteiger partial charge < -0.3 is 14.0 Å². The minimum Gasteiger partial charge on any atom is -0.744 e. The monoisotopic (exact) mass is 396 g/mol. The maximum absolute atomic E-state index is 11.9. The molecule has 136 valence electrons. The molecular weight excluding hydrogens is 371 g/mol. The van der Waals surface area contributed by atoms with E-state index in [4.69, 9.17) is 9.47 Å². The van der Waals surface area contributed by atoms with Gasteiger partial charge in [0.1, 0.15) is 10.1 Å². The second-order valence-electron chi connectivity index (χ2n) is 5.61. The third kappa shape index (κ3) is 10.1. The zero-order valence-electron chi connectivity index (χ0n) is 15.2. The van der Waals surface area contributed by atoms with E-state index in [9.17, 15) is 17.8 Å². The number of hydrogen-bond donors (Lipinski definition) is 0. The summed E-state index contributed by atoms with van der Waals surface area (Å²) >= 11 is 0. The summed E-state index contributed by atoms with van der Waals surface area (Å²) in [5, 5.41) is 0. The molecule has 0 bridgehead atoms. The van der Waals surface area contributed by atoms with E-state index in [1.54, 1.807) is 0 Å². The molecule has 0 fully saturated rings. The Morgan fingerprint density at radius 2 is 1.64 bits per heavy atom. The van der Waals surface area contributed by atoms with Gasteiger partial charge in [0.05, 0.1) is 12.0 Å². The van der Waals surface area contributed by atoms with E-state index in [-0.39, 0.29) is 69.3 Å². The van der Waals surface area contributed by atoms with E-state index in [0.29, 0.717) is 6.42 Å². The zero-order valence-corrected chi connectivity index (χ0v) is 19.2. The van der Waals surface area contributed by atoms with E-state index >= 15 is 0 Å². The molecule has 0 saturated heterocycles. The molecule has 0 spiro atoms. The van der Waals surface area contributed by atoms with Crippen molar-refractivity contribution in [3.8, 4) is 11.5 Å². The second kappa shape index (κ2) is 13.2. The smallest absolute Gasteiger partial charge is 0.744 e. The molecule has 1 rings (SSSR count). The summed E-state index contributed by atoms with van der Waals surface area (Å²) < 4.78 is 43.3. The third-order valence-corrected chi connectivity index (χ3v) is 4.46. The summed E-state index contributed by atoms with van der Waals surface area (Å²) in [5.74, 6) is -0.319. The average Bonchev–Trinajstić information content (AvgIpc) is 2.53. The van der Waals surface area contributed by atoms with Crippen LogP contribution in [0.15, 0.2) is 23.1 Å². The predicted octanol–water partition coefficient (Wildman–Crippen LogP) is 0.649. The Morgan fingerprint density at radius 3 is 2.20 bits per heavy atom. The van der Waals surface area contributed by atoms with Crippen molar-refractivity contribution in [2.45, 2.75) is 63.2 Å². The van der Waals surface area contributed by atoms with Crippen molar-refractivity contribution in [2.24, 2.45) is 0 Å². The number of carbonyl (C=O) groups excluding carboxylic acids is 1. The maximum atomic E-state index is 11.9. The van der Waals surface area contributed by atoms with Crippen LogP contribution >= 0.6 is 0 Å². The molecule has 0 radical (unpaired) electrons. The van der Waals surface area contributed by atoms with Crippen molar-refractivity contribution in [1.29, 1.82) is 0 Å². The van der Waals surface area contributed by atoms with Crippen LogP contribution in [-0.4, -0.2) is 26.0 Å². The largest absolute Gasteiger partial charge is 1.00 e. The SMILES string of the molecule is CCCCCCCCCC(=O)Oc1cc(S(=O)(=O)[O-])ccc1OC.[K+]. The first-order chi connectivity index (χ1) is 11.4. The normalized spacial score (nSPS) is 10.8. The summed E-state index contributed by atoms with van der Waals surface area (Å²) in [6.07, 6.45) is 7.81. The van der Waals surface area contributed by atoms with E-state index < -0.39 is 21.0 Å². The van der Waals surface area contributed by atoms with Gasteiger partial charge in [-0.25, -0.2) is 8.42 Å². The minimum absolute atomic E-state index is 0. The quantitative estimate of drug-likeness (QED) is 0.179. The van der Waals surface area contributed by atoms with Gasteiger partial charge >= 0.3 is 57.4 Å². The Balaban J connectivity index is 0.00000576. The molecule has 0 saturated carbocycles. The molecule has 0 N–H and O–H groups in total. The number of hydrogen-bond acceptors (Lipinski definition) is 6. The molecule has 0 aliphatic rings. The first kappa shape index (κ1) is 25.0. The molecule has 0 atom stereocenters. The van der Waals surface area contributed by atoms with Gasteiger partial charge in [0, 0.05) is 12.5 Å². The van der Waals surface area contributed by atoms with E-state index in [1.807, 2.05) is 0 Å². The fraction of sp³-hybridized carbons (Fsp3) is 0.588. The molecule has 6 nitrogen and oxygen atoms in total. The van der Waals surface area contributed by atoms with Gasteiger partial charge in [-0.2, -0.15) is 0 Å². The summed E-state index contributed by atoms with van der Waals surface area (Å²) in [4.78, 5) is 11.4. The van der Waals surface area contributed by atoms with E-state index in [0.717, 1.165) is 25.0 Å². The Morgan fingerprint density at radius 1 is 1.04 bits per heavy atom. The Labute approximate surface area is 192 Å². The summed E-state index contributed by atoms with van der Waals surface area (Å²) in [6.45, 7) is 2.16. The van der Waals surface area contributed by atoms with Crippen LogP contribution in [0, 0.1) is 0 Å². The minimum atomic E-state index is -4.62. The Kier molecular flexibility index (Phi) is 13.3. The molecule has 0 unspecified atom stereocenters. The molecule has 1 aromatic rings. The van der Waals surface area contributed by atoms with Crippen molar-refractivity contribution < 1.29 is 78.6 Å². The molecule has 0 heterocycles. The molecule has 0 aliphatic carbocycles. The van der Waals surface area contributed by atoms with Crippen molar-refractivity contribution in [1.82, 2.24) is 0 Å². The fourth-order valence-corrected chi connectivity index (χ4v) is 2.78. The molecule has 0 amide bonds. The second-order valence-corrected chi connectivity index (χ2v) is 6.99. The number of benzene rings is 1. The number of unbranched alkanes of at least 4 members (excludes halogenated alkanes) is 6. The van der Waals surface area contributed by atoms with Crippen molar-refractivity contribution in [2.75, 3.05) is 7.11 Å². The first-order valence-electron chi connectivity index (χ1n) is 8.23. The van der Waals surface area contributed by atoms with E-state index in [1.165, 1.54) is 38.9 Å². The molecule has 0 aromatic heterocycles. The predicted molar refractivity (Wildman–Crippen MR) is 89.2 cm³/mol. The van der Waals surface area contributed by atoms with Crippen molar-refractivity contribution >= 4 is 16.1 Å². The van der Waals surface area contributed by atoms with Crippen LogP contribution in [0.1, 0.15) is 58.3 Å². The standard InChI is InChI=1S/C17H26O6S.K/c1-3-4-5-6-7-8-9-10-17(18)23-16-13-14(24(19,20)21)11-12-15(16)22-2;/h11-13H,3-10H2,1-2H3,(H,19,20,21);/q;+1/p-1. The van der Waals surface area contributed by atoms with Gasteiger partial charge in [0.15, 0.2) is 11.5 Å². The molecule has 1 aromatic carbocycles. The van der Waals surface area contributed by atoms with Gasteiger partial charge in [0.2, 0.25) is 0 Å². The van der Waals surface area contributed by atoms with Crippen LogP contribution in [0.25, 0.3) is 0 Å². The van der Waals surface area contributed by atoms with Gasteiger partial charge in [-0.3, -0.25) is 4.79 Å².